The minimum atomic E-state index is -0.208. The van der Waals surface area contributed by atoms with Crippen LogP contribution in [-0.2, 0) is 26.4 Å². The lowest BCUT2D eigenvalue weighted by Gasteiger charge is -2.28. The second-order valence-electron chi connectivity index (χ2n) is 7.83. The first-order valence-electron chi connectivity index (χ1n) is 10.6. The van der Waals surface area contributed by atoms with Gasteiger partial charge in [0, 0.05) is 68.1 Å². The molecule has 1 aliphatic rings. The summed E-state index contributed by atoms with van der Waals surface area (Å²) < 4.78 is 7.27. The number of aryl methyl sites for hydroxylation is 1. The molecule has 2 amide bonds. The van der Waals surface area contributed by atoms with Crippen molar-refractivity contribution in [1.29, 1.82) is 0 Å². The molecule has 0 fully saturated rings. The van der Waals surface area contributed by atoms with E-state index in [0.717, 1.165) is 28.9 Å². The van der Waals surface area contributed by atoms with Crippen LogP contribution in [-0.4, -0.2) is 51.7 Å². The number of fused-ring (bicyclic) bond motifs is 1. The monoisotopic (exact) mass is 433 g/mol. The van der Waals surface area contributed by atoms with Gasteiger partial charge in [0.25, 0.3) is 11.8 Å². The van der Waals surface area contributed by atoms with Crippen molar-refractivity contribution >= 4 is 11.8 Å². The van der Waals surface area contributed by atoms with Gasteiger partial charge in [0.15, 0.2) is 0 Å². The van der Waals surface area contributed by atoms with Crippen LogP contribution >= 0.6 is 0 Å². The minimum absolute atomic E-state index is 0.00897. The molecule has 32 heavy (non-hydrogen) atoms. The molecular weight excluding hydrogens is 406 g/mol. The van der Waals surface area contributed by atoms with Crippen molar-refractivity contribution in [3.8, 4) is 5.75 Å². The molecule has 0 spiro atoms. The van der Waals surface area contributed by atoms with Gasteiger partial charge in [-0.05, 0) is 31.2 Å². The molecule has 166 valence electrons. The third-order valence-corrected chi connectivity index (χ3v) is 5.89. The van der Waals surface area contributed by atoms with Gasteiger partial charge in [0.1, 0.15) is 11.4 Å². The molecule has 8 nitrogen and oxygen atoms in total. The van der Waals surface area contributed by atoms with Gasteiger partial charge in [-0.25, -0.2) is 0 Å². The zero-order valence-electron chi connectivity index (χ0n) is 18.6. The lowest BCUT2D eigenvalue weighted by Crippen LogP contribution is -2.37. The Morgan fingerprint density at radius 1 is 1.19 bits per heavy atom. The van der Waals surface area contributed by atoms with Crippen LogP contribution in [0.2, 0.25) is 0 Å². The molecule has 0 aliphatic carbocycles. The van der Waals surface area contributed by atoms with Gasteiger partial charge in [-0.15, -0.1) is 0 Å². The highest BCUT2D eigenvalue weighted by Gasteiger charge is 2.28. The van der Waals surface area contributed by atoms with Crippen LogP contribution in [0.5, 0.6) is 5.75 Å². The normalized spacial score (nSPS) is 12.9. The zero-order valence-corrected chi connectivity index (χ0v) is 18.6. The van der Waals surface area contributed by atoms with Crippen molar-refractivity contribution in [2.24, 2.45) is 7.05 Å². The van der Waals surface area contributed by atoms with Gasteiger partial charge in [-0.3, -0.25) is 19.3 Å². The Morgan fingerprint density at radius 3 is 2.78 bits per heavy atom. The van der Waals surface area contributed by atoms with Gasteiger partial charge in [0.2, 0.25) is 0 Å². The first-order valence-corrected chi connectivity index (χ1v) is 10.6. The molecule has 1 N–H and O–H groups in total. The molecule has 0 saturated carbocycles. The summed E-state index contributed by atoms with van der Waals surface area (Å²) in [6.07, 6.45) is 2.93. The summed E-state index contributed by atoms with van der Waals surface area (Å²) in [6, 6.07) is 10.8. The Morgan fingerprint density at radius 2 is 2.03 bits per heavy atom. The number of benzene rings is 1. The van der Waals surface area contributed by atoms with Gasteiger partial charge in [-0.1, -0.05) is 12.1 Å². The number of ether oxygens (including phenoxy) is 1. The van der Waals surface area contributed by atoms with E-state index in [0.29, 0.717) is 43.1 Å². The topological polar surface area (TPSA) is 89.3 Å². The summed E-state index contributed by atoms with van der Waals surface area (Å²) >= 11 is 0. The molecule has 8 heteroatoms. The maximum Gasteiger partial charge on any atom is 0.269 e. The number of carbonyl (C=O) groups is 2. The molecule has 1 aliphatic heterocycles. The van der Waals surface area contributed by atoms with Crippen LogP contribution < -0.4 is 10.1 Å². The summed E-state index contributed by atoms with van der Waals surface area (Å²) in [6.45, 7) is 3.49. The van der Waals surface area contributed by atoms with E-state index < -0.39 is 0 Å². The van der Waals surface area contributed by atoms with E-state index in [-0.39, 0.29) is 11.8 Å². The van der Waals surface area contributed by atoms with Gasteiger partial charge in [0.05, 0.1) is 12.8 Å². The van der Waals surface area contributed by atoms with E-state index in [1.807, 2.05) is 41.8 Å². The van der Waals surface area contributed by atoms with Crippen molar-refractivity contribution < 1.29 is 14.3 Å². The van der Waals surface area contributed by atoms with Crippen molar-refractivity contribution in [3.05, 3.63) is 76.4 Å². The number of carbonyl (C=O) groups excluding carboxylic acids is 2. The van der Waals surface area contributed by atoms with Crippen LogP contribution in [0, 0.1) is 6.92 Å². The van der Waals surface area contributed by atoms with Crippen LogP contribution in [0.3, 0.4) is 0 Å². The second-order valence-corrected chi connectivity index (χ2v) is 7.83. The van der Waals surface area contributed by atoms with Crippen molar-refractivity contribution in [3.63, 3.8) is 0 Å². The number of methoxy groups -OCH3 is 1. The highest BCUT2D eigenvalue weighted by Crippen LogP contribution is 2.27. The van der Waals surface area contributed by atoms with Gasteiger partial charge < -0.3 is 15.0 Å². The fourth-order valence-electron chi connectivity index (χ4n) is 4.16. The number of amides is 2. The SMILES string of the molecule is COc1cccc(C(=O)N2CCc3c(c(CCNC(=O)c4ccccn4)nn3C)C2)c1C. The second kappa shape index (κ2) is 9.21. The Labute approximate surface area is 187 Å². The average molecular weight is 434 g/mol. The molecule has 0 saturated heterocycles. The number of hydrogen-bond donors (Lipinski definition) is 1. The predicted octanol–water partition coefficient (Wildman–Crippen LogP) is 2.30. The maximum absolute atomic E-state index is 13.3. The zero-order chi connectivity index (χ0) is 22.7. The van der Waals surface area contributed by atoms with Gasteiger partial charge >= 0.3 is 0 Å². The van der Waals surface area contributed by atoms with Crippen LogP contribution in [0.15, 0.2) is 42.6 Å². The van der Waals surface area contributed by atoms with Crippen LogP contribution in [0.4, 0.5) is 0 Å². The number of hydrogen-bond acceptors (Lipinski definition) is 5. The summed E-state index contributed by atoms with van der Waals surface area (Å²) in [5.74, 6) is 0.491. The predicted molar refractivity (Wildman–Crippen MR) is 120 cm³/mol. The quantitative estimate of drug-likeness (QED) is 0.644. The number of nitrogens with one attached hydrogen (secondary N) is 1. The van der Waals surface area contributed by atoms with E-state index in [1.54, 1.807) is 31.5 Å². The molecule has 1 aromatic carbocycles. The van der Waals surface area contributed by atoms with Crippen molar-refractivity contribution in [2.45, 2.75) is 26.3 Å². The first-order chi connectivity index (χ1) is 15.5. The average Bonchev–Trinajstić information content (AvgIpc) is 3.14. The molecule has 4 rings (SSSR count). The third kappa shape index (κ3) is 4.21. The van der Waals surface area contributed by atoms with Gasteiger partial charge in [-0.2, -0.15) is 5.10 Å². The largest absolute Gasteiger partial charge is 0.496 e. The summed E-state index contributed by atoms with van der Waals surface area (Å²) in [5, 5.41) is 7.56. The third-order valence-electron chi connectivity index (χ3n) is 5.89. The Kier molecular flexibility index (Phi) is 6.20. The molecule has 3 aromatic rings. The number of nitrogens with zero attached hydrogens (tertiary/aromatic N) is 4. The van der Waals surface area contributed by atoms with Crippen LogP contribution in [0.1, 0.15) is 43.4 Å². The smallest absolute Gasteiger partial charge is 0.269 e. The molecular formula is C24H27N5O3. The highest BCUT2D eigenvalue weighted by atomic mass is 16.5. The number of aromatic nitrogens is 3. The molecule has 0 unspecified atom stereocenters. The highest BCUT2D eigenvalue weighted by molar-refractivity contribution is 5.96. The van der Waals surface area contributed by atoms with E-state index in [1.165, 1.54) is 0 Å². The van der Waals surface area contributed by atoms with E-state index >= 15 is 0 Å². The molecule has 0 atom stereocenters. The Hall–Kier alpha value is -3.68. The Balaban J connectivity index is 1.46. The molecule has 2 aromatic heterocycles. The standard InChI is InChI=1S/C24H27N5O3/c1-16-17(7-6-9-22(16)32-3)24(31)29-14-11-21-18(15-29)19(27-28(21)2)10-13-26-23(30)20-8-4-5-12-25-20/h4-9,12H,10-11,13-15H2,1-3H3,(H,26,30). The van der Waals surface area contributed by atoms with E-state index in [9.17, 15) is 9.59 Å². The van der Waals surface area contributed by atoms with Crippen molar-refractivity contribution in [1.82, 2.24) is 25.0 Å². The molecule has 3 heterocycles. The van der Waals surface area contributed by atoms with Crippen molar-refractivity contribution in [2.75, 3.05) is 20.2 Å². The van der Waals surface area contributed by atoms with E-state index in [2.05, 4.69) is 15.4 Å². The first kappa shape index (κ1) is 21.5. The summed E-state index contributed by atoms with van der Waals surface area (Å²) in [4.78, 5) is 31.4. The van der Waals surface area contributed by atoms with E-state index in [4.69, 9.17) is 4.74 Å². The lowest BCUT2D eigenvalue weighted by molar-refractivity contribution is 0.0731. The van der Waals surface area contributed by atoms with Crippen LogP contribution in [0.25, 0.3) is 0 Å². The molecule has 0 radical (unpaired) electrons. The molecule has 0 bridgehead atoms. The Bertz CT molecular complexity index is 1140. The fraction of sp³-hybridized carbons (Fsp3) is 0.333. The number of pyridine rings is 1. The fourth-order valence-corrected chi connectivity index (χ4v) is 4.16. The lowest BCUT2D eigenvalue weighted by atomic mass is 10.0. The maximum atomic E-state index is 13.3. The minimum Gasteiger partial charge on any atom is -0.496 e. The summed E-state index contributed by atoms with van der Waals surface area (Å²) in [7, 11) is 3.54. The summed E-state index contributed by atoms with van der Waals surface area (Å²) in [5.41, 5.74) is 5.00. The number of rotatable bonds is 6.